The van der Waals surface area contributed by atoms with Gasteiger partial charge in [-0.15, -0.1) is 0 Å². The van der Waals surface area contributed by atoms with Crippen LogP contribution in [0.1, 0.15) is 45.1 Å². The van der Waals surface area contributed by atoms with Crippen LogP contribution in [0.5, 0.6) is 0 Å². The lowest BCUT2D eigenvalue weighted by Gasteiger charge is -2.43. The van der Waals surface area contributed by atoms with E-state index in [1.165, 1.54) is 12.1 Å². The van der Waals surface area contributed by atoms with E-state index in [4.69, 9.17) is 4.74 Å². The number of benzene rings is 1. The quantitative estimate of drug-likeness (QED) is 0.894. The molecule has 21 heavy (non-hydrogen) atoms. The highest BCUT2D eigenvalue weighted by Crippen LogP contribution is 2.39. The molecule has 1 aromatic rings. The van der Waals surface area contributed by atoms with Crippen LogP contribution in [0.15, 0.2) is 18.2 Å². The van der Waals surface area contributed by atoms with Crippen molar-refractivity contribution < 1.29 is 18.6 Å². The van der Waals surface area contributed by atoms with Gasteiger partial charge in [0.1, 0.15) is 0 Å². The number of aliphatic hydroxyl groups excluding tert-OH is 1. The molecule has 3 unspecified atom stereocenters. The zero-order chi connectivity index (χ0) is 15.5. The van der Waals surface area contributed by atoms with E-state index in [0.29, 0.717) is 12.5 Å². The molecule has 1 fully saturated rings. The maximum Gasteiger partial charge on any atom is 0.162 e. The van der Waals surface area contributed by atoms with Gasteiger partial charge in [-0.3, -0.25) is 0 Å². The van der Waals surface area contributed by atoms with Crippen molar-refractivity contribution in [1.82, 2.24) is 0 Å². The fourth-order valence-electron chi connectivity index (χ4n) is 3.46. The summed E-state index contributed by atoms with van der Waals surface area (Å²) < 4.78 is 33.0. The van der Waals surface area contributed by atoms with Gasteiger partial charge in [0.15, 0.2) is 11.6 Å². The van der Waals surface area contributed by atoms with E-state index in [-0.39, 0.29) is 12.0 Å². The average Bonchev–Trinajstić information content (AvgIpc) is 2.44. The number of hydrogen-bond acceptors (Lipinski definition) is 2. The third kappa shape index (κ3) is 3.61. The molecular formula is C17H24F2O2. The summed E-state index contributed by atoms with van der Waals surface area (Å²) in [6.45, 7) is 4.55. The van der Waals surface area contributed by atoms with Crippen LogP contribution < -0.4 is 0 Å². The van der Waals surface area contributed by atoms with E-state index in [2.05, 4.69) is 6.92 Å². The molecule has 0 amide bonds. The van der Waals surface area contributed by atoms with Gasteiger partial charge in [-0.2, -0.15) is 0 Å². The van der Waals surface area contributed by atoms with Crippen molar-refractivity contribution in [3.8, 4) is 0 Å². The summed E-state index contributed by atoms with van der Waals surface area (Å²) in [6, 6.07) is 4.08. The lowest BCUT2D eigenvalue weighted by molar-refractivity contribution is -0.147. The van der Waals surface area contributed by atoms with Crippen molar-refractivity contribution in [3.63, 3.8) is 0 Å². The molecule has 1 N–H and O–H groups in total. The first-order valence-electron chi connectivity index (χ1n) is 7.73. The summed E-state index contributed by atoms with van der Waals surface area (Å²) in [5.41, 5.74) is -0.426. The predicted octanol–water partition coefficient (Wildman–Crippen LogP) is 3.85. The Kier molecular flexibility index (Phi) is 5.33. The van der Waals surface area contributed by atoms with Gasteiger partial charge >= 0.3 is 0 Å². The van der Waals surface area contributed by atoms with E-state index in [9.17, 15) is 13.9 Å². The van der Waals surface area contributed by atoms with Gasteiger partial charge in [0.2, 0.25) is 0 Å². The minimum absolute atomic E-state index is 0.0797. The molecule has 0 aliphatic heterocycles. The van der Waals surface area contributed by atoms with Gasteiger partial charge in [0, 0.05) is 13.0 Å². The van der Waals surface area contributed by atoms with E-state index < -0.39 is 23.3 Å². The molecule has 4 heteroatoms. The van der Waals surface area contributed by atoms with Crippen LogP contribution in [0.2, 0.25) is 0 Å². The zero-order valence-electron chi connectivity index (χ0n) is 12.7. The first kappa shape index (κ1) is 16.4. The average molecular weight is 298 g/mol. The van der Waals surface area contributed by atoms with E-state index in [1.807, 2.05) is 6.92 Å². The Bertz CT molecular complexity index is 474. The van der Waals surface area contributed by atoms with Crippen molar-refractivity contribution in [2.45, 2.75) is 57.7 Å². The van der Waals surface area contributed by atoms with Gasteiger partial charge in [-0.05, 0) is 37.3 Å². The maximum absolute atomic E-state index is 13.8. The molecule has 3 atom stereocenters. The smallest absolute Gasteiger partial charge is 0.162 e. The van der Waals surface area contributed by atoms with Gasteiger partial charge < -0.3 is 9.84 Å². The third-order valence-corrected chi connectivity index (χ3v) is 4.47. The van der Waals surface area contributed by atoms with Gasteiger partial charge in [-0.25, -0.2) is 8.78 Å². The van der Waals surface area contributed by atoms with Gasteiger partial charge in [0.25, 0.3) is 0 Å². The highest BCUT2D eigenvalue weighted by Gasteiger charge is 2.42. The van der Waals surface area contributed by atoms with Crippen LogP contribution in [-0.4, -0.2) is 23.4 Å². The highest BCUT2D eigenvalue weighted by atomic mass is 19.2. The molecule has 2 nitrogen and oxygen atoms in total. The lowest BCUT2D eigenvalue weighted by atomic mass is 9.74. The molecule has 1 aliphatic carbocycles. The lowest BCUT2D eigenvalue weighted by Crippen LogP contribution is -2.49. The van der Waals surface area contributed by atoms with E-state index >= 15 is 0 Å². The minimum Gasteiger partial charge on any atom is -0.390 e. The molecule has 0 bridgehead atoms. The topological polar surface area (TPSA) is 29.5 Å². The highest BCUT2D eigenvalue weighted by molar-refractivity contribution is 5.20. The second-order valence-electron chi connectivity index (χ2n) is 6.13. The van der Waals surface area contributed by atoms with Gasteiger partial charge in [-0.1, -0.05) is 31.9 Å². The number of halogens is 2. The largest absolute Gasteiger partial charge is 0.390 e. The molecule has 0 spiro atoms. The number of aliphatic hydroxyl groups is 1. The second-order valence-corrected chi connectivity index (χ2v) is 6.13. The fraction of sp³-hybridized carbons (Fsp3) is 0.647. The van der Waals surface area contributed by atoms with Crippen LogP contribution in [0.3, 0.4) is 0 Å². The molecule has 0 aromatic heterocycles. The molecule has 0 saturated heterocycles. The van der Waals surface area contributed by atoms with Crippen LogP contribution in [0.25, 0.3) is 0 Å². The Labute approximate surface area is 125 Å². The minimum atomic E-state index is -0.873. The fourth-order valence-corrected chi connectivity index (χ4v) is 3.46. The van der Waals surface area contributed by atoms with Crippen LogP contribution in [0.4, 0.5) is 8.78 Å². The summed E-state index contributed by atoms with van der Waals surface area (Å²) in [6.07, 6.45) is 2.90. The van der Waals surface area contributed by atoms with Gasteiger partial charge in [0.05, 0.1) is 11.7 Å². The summed E-state index contributed by atoms with van der Waals surface area (Å²) in [7, 11) is 0. The molecule has 1 aromatic carbocycles. The summed E-state index contributed by atoms with van der Waals surface area (Å²) >= 11 is 0. The second kappa shape index (κ2) is 6.84. The molecule has 0 heterocycles. The van der Waals surface area contributed by atoms with Crippen molar-refractivity contribution in [1.29, 1.82) is 0 Å². The van der Waals surface area contributed by atoms with Crippen molar-refractivity contribution in [2.75, 3.05) is 6.61 Å². The molecule has 118 valence electrons. The monoisotopic (exact) mass is 298 g/mol. The summed E-state index contributed by atoms with van der Waals surface area (Å²) in [5, 5.41) is 10.6. The Morgan fingerprint density at radius 2 is 2.19 bits per heavy atom. The Balaban J connectivity index is 2.18. The van der Waals surface area contributed by atoms with Crippen LogP contribution >= 0.6 is 0 Å². The Morgan fingerprint density at radius 1 is 1.43 bits per heavy atom. The normalized spacial score (nSPS) is 27.6. The Morgan fingerprint density at radius 3 is 2.86 bits per heavy atom. The molecule has 0 radical (unpaired) electrons. The SMILES string of the molecule is CCOC1(C(O)Cc2cccc(F)c2F)CCCC(C)C1. The van der Waals surface area contributed by atoms with Crippen molar-refractivity contribution in [3.05, 3.63) is 35.4 Å². The van der Waals surface area contributed by atoms with Crippen LogP contribution in [0, 0.1) is 17.6 Å². The molecule has 2 rings (SSSR count). The standard InChI is InChI=1S/C17H24F2O2/c1-3-21-17(9-5-6-12(2)11-17)15(20)10-13-7-4-8-14(18)16(13)19/h4,7-8,12,15,20H,3,5-6,9-11H2,1-2H3. The summed E-state index contributed by atoms with van der Waals surface area (Å²) in [4.78, 5) is 0. The number of hydrogen-bond donors (Lipinski definition) is 1. The van der Waals surface area contributed by atoms with E-state index in [0.717, 1.165) is 31.7 Å². The van der Waals surface area contributed by atoms with Crippen molar-refractivity contribution >= 4 is 0 Å². The summed E-state index contributed by atoms with van der Waals surface area (Å²) in [5.74, 6) is -1.27. The van der Waals surface area contributed by atoms with Crippen LogP contribution in [-0.2, 0) is 11.2 Å². The third-order valence-electron chi connectivity index (χ3n) is 4.47. The predicted molar refractivity (Wildman–Crippen MR) is 78.1 cm³/mol. The molecular weight excluding hydrogens is 274 g/mol. The van der Waals surface area contributed by atoms with E-state index in [1.54, 1.807) is 0 Å². The first-order chi connectivity index (χ1) is 9.98. The zero-order valence-corrected chi connectivity index (χ0v) is 12.7. The Hall–Kier alpha value is -1.00. The first-order valence-corrected chi connectivity index (χ1v) is 7.73. The maximum atomic E-state index is 13.8. The molecule has 1 saturated carbocycles. The molecule has 1 aliphatic rings. The van der Waals surface area contributed by atoms with Crippen molar-refractivity contribution in [2.24, 2.45) is 5.92 Å². The number of rotatable bonds is 5. The number of ether oxygens (including phenoxy) is 1.